The molecule has 0 aromatic heterocycles. The molecule has 7 nitrogen and oxygen atoms in total. The lowest BCUT2D eigenvalue weighted by atomic mass is 9.94. The Labute approximate surface area is 149 Å². The Morgan fingerprint density at radius 1 is 1.32 bits per heavy atom. The van der Waals surface area contributed by atoms with Crippen LogP contribution in [-0.2, 0) is 4.79 Å². The molecule has 1 amide bonds. The van der Waals surface area contributed by atoms with Crippen LogP contribution >= 0.6 is 11.9 Å². The molecular formula is C17H18N4O3S. The van der Waals surface area contributed by atoms with E-state index in [2.05, 4.69) is 10.5 Å². The number of nitrogens with zero attached hydrogens (tertiary/aromatic N) is 1. The largest absolute Gasteiger partial charge is 0.507 e. The number of aryl methyl sites for hydroxylation is 1. The van der Waals surface area contributed by atoms with Crippen molar-refractivity contribution in [1.29, 1.82) is 0 Å². The average molecular weight is 358 g/mol. The van der Waals surface area contributed by atoms with Gasteiger partial charge in [0, 0.05) is 21.6 Å². The van der Waals surface area contributed by atoms with Crippen LogP contribution in [0.25, 0.3) is 0 Å². The van der Waals surface area contributed by atoms with Crippen molar-refractivity contribution in [3.8, 4) is 5.75 Å². The van der Waals surface area contributed by atoms with Gasteiger partial charge >= 0.3 is 0 Å². The molecule has 0 saturated carbocycles. The van der Waals surface area contributed by atoms with Crippen LogP contribution in [0.3, 0.4) is 0 Å². The Morgan fingerprint density at radius 3 is 2.64 bits per heavy atom. The first kappa shape index (κ1) is 18.7. The molecule has 0 aliphatic rings. The van der Waals surface area contributed by atoms with E-state index in [9.17, 15) is 14.7 Å². The van der Waals surface area contributed by atoms with Crippen LogP contribution in [0, 0.1) is 6.92 Å². The van der Waals surface area contributed by atoms with Gasteiger partial charge in [0.2, 0.25) is 0 Å². The maximum Gasteiger partial charge on any atom is 0.253 e. The minimum absolute atomic E-state index is 0.0246. The van der Waals surface area contributed by atoms with Gasteiger partial charge in [-0.05, 0) is 36.6 Å². The number of nitrogens with two attached hydrogens (primary N) is 2. The van der Waals surface area contributed by atoms with Crippen LogP contribution in [0.5, 0.6) is 5.75 Å². The van der Waals surface area contributed by atoms with Gasteiger partial charge in [0.05, 0.1) is 6.54 Å². The van der Waals surface area contributed by atoms with Crippen molar-refractivity contribution >= 4 is 29.9 Å². The number of carbonyl (C=O) groups excluding carboxylic acids is 2. The van der Waals surface area contributed by atoms with E-state index in [1.807, 2.05) is 0 Å². The number of hydrogen-bond donors (Lipinski definition) is 4. The summed E-state index contributed by atoms with van der Waals surface area (Å²) in [5.41, 5.74) is 9.75. The summed E-state index contributed by atoms with van der Waals surface area (Å²) in [5.74, 6) is -0.522. The van der Waals surface area contributed by atoms with Gasteiger partial charge in [0.1, 0.15) is 11.5 Å². The fourth-order valence-corrected chi connectivity index (χ4v) is 2.79. The Hall–Kier alpha value is -2.68. The lowest BCUT2D eigenvalue weighted by Gasteiger charge is -2.15. The van der Waals surface area contributed by atoms with E-state index >= 15 is 0 Å². The van der Waals surface area contributed by atoms with Gasteiger partial charge in [-0.25, -0.2) is 5.43 Å². The highest BCUT2D eigenvalue weighted by Gasteiger charge is 2.19. The molecule has 2 aromatic carbocycles. The zero-order chi connectivity index (χ0) is 18.4. The molecule has 0 spiro atoms. The lowest BCUT2D eigenvalue weighted by Crippen LogP contribution is -2.28. The van der Waals surface area contributed by atoms with Crippen molar-refractivity contribution in [2.45, 2.75) is 11.8 Å². The highest BCUT2D eigenvalue weighted by atomic mass is 32.2. The molecule has 2 rings (SSSR count). The van der Waals surface area contributed by atoms with E-state index in [0.717, 1.165) is 17.5 Å². The third-order valence-electron chi connectivity index (χ3n) is 3.53. The summed E-state index contributed by atoms with van der Waals surface area (Å²) >= 11 is 0.928. The molecule has 0 atom stereocenters. The average Bonchev–Trinajstić information content (AvgIpc) is 2.62. The van der Waals surface area contributed by atoms with Crippen molar-refractivity contribution in [1.82, 2.24) is 5.43 Å². The molecule has 0 fully saturated rings. The van der Waals surface area contributed by atoms with Gasteiger partial charge in [-0.1, -0.05) is 24.3 Å². The predicted molar refractivity (Wildman–Crippen MR) is 97.6 cm³/mol. The Balaban J connectivity index is 2.73. The van der Waals surface area contributed by atoms with Crippen LogP contribution < -0.4 is 16.3 Å². The molecular weight excluding hydrogens is 340 g/mol. The second-order valence-corrected chi connectivity index (χ2v) is 5.80. The van der Waals surface area contributed by atoms with Crippen molar-refractivity contribution in [3.63, 3.8) is 0 Å². The van der Waals surface area contributed by atoms with Crippen molar-refractivity contribution < 1.29 is 14.7 Å². The fraction of sp³-hybridized carbons (Fsp3) is 0.118. The van der Waals surface area contributed by atoms with E-state index < -0.39 is 5.91 Å². The highest BCUT2D eigenvalue weighted by molar-refractivity contribution is 7.97. The second-order valence-electron chi connectivity index (χ2n) is 5.12. The van der Waals surface area contributed by atoms with Gasteiger partial charge in [-0.15, -0.1) is 0 Å². The number of hydrogen-bond acceptors (Lipinski definition) is 7. The van der Waals surface area contributed by atoms with E-state index in [4.69, 9.17) is 10.9 Å². The summed E-state index contributed by atoms with van der Waals surface area (Å²) in [4.78, 5) is 23.7. The first-order valence-electron chi connectivity index (χ1n) is 7.34. The van der Waals surface area contributed by atoms with E-state index in [1.165, 1.54) is 6.07 Å². The fourth-order valence-electron chi connectivity index (χ4n) is 2.35. The number of benzene rings is 2. The number of phenols is 1. The summed E-state index contributed by atoms with van der Waals surface area (Å²) in [6.07, 6.45) is 0.667. The molecule has 0 bridgehead atoms. The number of rotatable bonds is 6. The molecule has 8 heteroatoms. The van der Waals surface area contributed by atoms with Gasteiger partial charge < -0.3 is 10.8 Å². The van der Waals surface area contributed by atoms with Crippen LogP contribution in [0.4, 0.5) is 0 Å². The smallest absolute Gasteiger partial charge is 0.253 e. The molecule has 25 heavy (non-hydrogen) atoms. The third kappa shape index (κ3) is 4.05. The van der Waals surface area contributed by atoms with E-state index in [0.29, 0.717) is 27.9 Å². The number of hydrazone groups is 1. The normalized spacial score (nSPS) is 11.2. The molecule has 0 radical (unpaired) electrons. The van der Waals surface area contributed by atoms with Crippen molar-refractivity contribution in [2.75, 3.05) is 6.54 Å². The van der Waals surface area contributed by atoms with Gasteiger partial charge in [-0.2, -0.15) is 5.10 Å². The minimum Gasteiger partial charge on any atom is -0.507 e. The SMILES string of the molecule is Cc1cccc(O)c1/C(=N\NC(=O)CN)c1cccc(SN)c1C=O. The maximum atomic E-state index is 11.6. The van der Waals surface area contributed by atoms with Gasteiger partial charge in [-0.3, -0.25) is 14.7 Å². The number of aldehydes is 1. The molecule has 0 aliphatic heterocycles. The predicted octanol–water partition coefficient (Wildman–Crippen LogP) is 1.31. The molecule has 0 heterocycles. The van der Waals surface area contributed by atoms with Crippen LogP contribution in [-0.4, -0.2) is 29.6 Å². The lowest BCUT2D eigenvalue weighted by molar-refractivity contribution is -0.119. The van der Waals surface area contributed by atoms with Crippen LogP contribution in [0.15, 0.2) is 46.4 Å². The first-order valence-corrected chi connectivity index (χ1v) is 8.22. The van der Waals surface area contributed by atoms with E-state index in [1.54, 1.807) is 37.3 Å². The second kappa shape index (κ2) is 8.43. The molecule has 0 unspecified atom stereocenters. The number of amides is 1. The Morgan fingerprint density at radius 2 is 2.04 bits per heavy atom. The standard InChI is InChI=1S/C17H18N4O3S/c1-10-4-2-6-13(23)16(10)17(21-20-15(24)8-18)11-5-3-7-14(25-19)12(11)9-22/h2-7,9,23H,8,18-19H2,1H3,(H,20,24)/b21-17-. The minimum atomic E-state index is -0.498. The quantitative estimate of drug-likeness (QED) is 0.266. The summed E-state index contributed by atoms with van der Waals surface area (Å²) < 4.78 is 0. The Bertz CT molecular complexity index is 816. The number of nitrogens with one attached hydrogen (secondary N) is 1. The first-order chi connectivity index (χ1) is 12.0. The summed E-state index contributed by atoms with van der Waals surface area (Å²) in [5, 5.41) is 20.0. The zero-order valence-corrected chi connectivity index (χ0v) is 14.3. The number of carbonyl (C=O) groups is 2. The Kier molecular flexibility index (Phi) is 6.29. The highest BCUT2D eigenvalue weighted by Crippen LogP contribution is 2.28. The molecule has 0 saturated heterocycles. The maximum absolute atomic E-state index is 11.6. The third-order valence-corrected chi connectivity index (χ3v) is 4.14. The topological polar surface area (TPSA) is 131 Å². The van der Waals surface area contributed by atoms with Crippen LogP contribution in [0.1, 0.15) is 27.0 Å². The van der Waals surface area contributed by atoms with Crippen molar-refractivity contribution in [2.24, 2.45) is 16.0 Å². The summed E-state index contributed by atoms with van der Waals surface area (Å²) in [6, 6.07) is 10.1. The summed E-state index contributed by atoms with van der Waals surface area (Å²) in [7, 11) is 0. The number of phenolic OH excluding ortho intramolecular Hbond substituents is 1. The van der Waals surface area contributed by atoms with Crippen LogP contribution in [0.2, 0.25) is 0 Å². The van der Waals surface area contributed by atoms with Crippen molar-refractivity contribution in [3.05, 3.63) is 58.7 Å². The molecule has 2 aromatic rings. The summed E-state index contributed by atoms with van der Waals surface area (Å²) in [6.45, 7) is 1.55. The zero-order valence-electron chi connectivity index (χ0n) is 13.5. The monoisotopic (exact) mass is 358 g/mol. The molecule has 130 valence electrons. The van der Waals surface area contributed by atoms with Gasteiger partial charge in [0.15, 0.2) is 6.29 Å². The van der Waals surface area contributed by atoms with E-state index in [-0.39, 0.29) is 18.0 Å². The number of aromatic hydroxyl groups is 1. The van der Waals surface area contributed by atoms with Gasteiger partial charge in [0.25, 0.3) is 5.91 Å². The molecule has 6 N–H and O–H groups in total. The molecule has 0 aliphatic carbocycles.